The van der Waals surface area contributed by atoms with Crippen LogP contribution in [0.25, 0.3) is 0 Å². The molecule has 0 aliphatic carbocycles. The van der Waals surface area contributed by atoms with E-state index in [9.17, 15) is 9.59 Å². The number of hydrogen-bond acceptors (Lipinski definition) is 4. The summed E-state index contributed by atoms with van der Waals surface area (Å²) in [6.07, 6.45) is 49.4. The highest BCUT2D eigenvalue weighted by atomic mass is 16.5. The summed E-state index contributed by atoms with van der Waals surface area (Å²) in [7, 11) is 0. The number of esters is 2. The van der Waals surface area contributed by atoms with Crippen LogP contribution in [0.1, 0.15) is 253 Å². The molecular weight excluding hydrogens is 641 g/mol. The van der Waals surface area contributed by atoms with Gasteiger partial charge in [-0.05, 0) is 62.8 Å². The van der Waals surface area contributed by atoms with Crippen LogP contribution in [0.15, 0.2) is 36.4 Å². The molecule has 0 bridgehead atoms. The molecule has 0 saturated carbocycles. The van der Waals surface area contributed by atoms with E-state index in [0.717, 1.165) is 25.7 Å². The number of unbranched alkanes of at least 4 members (excludes halogenated alkanes) is 31. The number of hydrogen-bond donors (Lipinski definition) is 0. The molecule has 0 N–H and O–H groups in total. The second-order valence-electron chi connectivity index (χ2n) is 15.5. The summed E-state index contributed by atoms with van der Waals surface area (Å²) in [5.74, 6) is -0.635. The Balaban J connectivity index is 1.89. The third-order valence-electron chi connectivity index (χ3n) is 10.5. The minimum absolute atomic E-state index is 0.317. The van der Waals surface area contributed by atoms with Crippen molar-refractivity contribution in [3.05, 3.63) is 47.5 Å². The summed E-state index contributed by atoms with van der Waals surface area (Å²) >= 11 is 0. The van der Waals surface area contributed by atoms with Crippen LogP contribution in [0.4, 0.5) is 0 Å². The first-order valence-electron chi connectivity index (χ1n) is 22.8. The second kappa shape index (κ2) is 38.6. The molecule has 0 unspecified atom stereocenters. The summed E-state index contributed by atoms with van der Waals surface area (Å²) in [4.78, 5) is 24.8. The Morgan fingerprint density at radius 1 is 0.365 bits per heavy atom. The van der Waals surface area contributed by atoms with Gasteiger partial charge in [0.1, 0.15) is 0 Å². The first-order valence-corrected chi connectivity index (χ1v) is 22.8. The summed E-state index contributed by atoms with van der Waals surface area (Å²) in [6, 6.07) is 6.67. The van der Waals surface area contributed by atoms with Crippen molar-refractivity contribution in [2.45, 2.75) is 232 Å². The number of ether oxygens (including phenoxy) is 2. The van der Waals surface area contributed by atoms with Crippen LogP contribution in [-0.2, 0) is 9.47 Å². The van der Waals surface area contributed by atoms with Gasteiger partial charge in [-0.3, -0.25) is 0 Å². The molecule has 0 fully saturated rings. The predicted molar refractivity (Wildman–Crippen MR) is 224 cm³/mol. The Bertz CT molecular complexity index is 936. The molecule has 0 aliphatic rings. The van der Waals surface area contributed by atoms with E-state index in [1.54, 1.807) is 24.3 Å². The van der Waals surface area contributed by atoms with E-state index in [4.69, 9.17) is 9.47 Å². The van der Waals surface area contributed by atoms with Crippen molar-refractivity contribution < 1.29 is 19.1 Å². The normalized spacial score (nSPS) is 11.4. The quantitative estimate of drug-likeness (QED) is 0.0385. The average Bonchev–Trinajstić information content (AvgIpc) is 3.16. The zero-order chi connectivity index (χ0) is 37.4. The molecule has 0 amide bonds. The summed E-state index contributed by atoms with van der Waals surface area (Å²) in [5.41, 5.74) is 0.970. The molecule has 1 aromatic rings. The van der Waals surface area contributed by atoms with Gasteiger partial charge in [0.15, 0.2) is 0 Å². The average molecular weight is 725 g/mol. The number of carbonyl (C=O) groups excluding carboxylic acids is 2. The lowest BCUT2D eigenvalue weighted by atomic mass is 10.0. The number of benzene rings is 1. The zero-order valence-electron chi connectivity index (χ0n) is 34.6. The highest BCUT2D eigenvalue weighted by Gasteiger charge is 2.11. The third-order valence-corrected chi connectivity index (χ3v) is 10.5. The van der Waals surface area contributed by atoms with Crippen LogP contribution >= 0.6 is 0 Å². The van der Waals surface area contributed by atoms with Crippen LogP contribution in [-0.4, -0.2) is 25.2 Å². The fourth-order valence-corrected chi connectivity index (χ4v) is 6.95. The van der Waals surface area contributed by atoms with E-state index in [1.165, 1.54) is 193 Å². The minimum atomic E-state index is -0.318. The van der Waals surface area contributed by atoms with Crippen LogP contribution in [0.5, 0.6) is 0 Å². The topological polar surface area (TPSA) is 52.6 Å². The van der Waals surface area contributed by atoms with Crippen molar-refractivity contribution in [1.82, 2.24) is 0 Å². The van der Waals surface area contributed by atoms with E-state index < -0.39 is 0 Å². The van der Waals surface area contributed by atoms with Crippen LogP contribution in [0.3, 0.4) is 0 Å². The SMILES string of the molecule is CCCCCCCCC=CCCCCCCCCCCCCOC(=O)c1ccc(C(=O)OCCCCCCCCCCCCCCCCCC)cc1. The maximum absolute atomic E-state index is 12.4. The minimum Gasteiger partial charge on any atom is -0.462 e. The summed E-state index contributed by atoms with van der Waals surface area (Å²) in [6.45, 7) is 5.47. The Hall–Kier alpha value is -2.10. The Morgan fingerprint density at radius 3 is 0.865 bits per heavy atom. The van der Waals surface area contributed by atoms with E-state index in [1.807, 2.05) is 0 Å². The smallest absolute Gasteiger partial charge is 0.338 e. The molecule has 0 spiro atoms. The highest BCUT2D eigenvalue weighted by Crippen LogP contribution is 2.16. The van der Waals surface area contributed by atoms with E-state index in [-0.39, 0.29) is 11.9 Å². The molecule has 0 atom stereocenters. The molecule has 1 rings (SSSR count). The van der Waals surface area contributed by atoms with Gasteiger partial charge in [0.2, 0.25) is 0 Å². The monoisotopic (exact) mass is 725 g/mol. The van der Waals surface area contributed by atoms with Crippen molar-refractivity contribution in [1.29, 1.82) is 0 Å². The van der Waals surface area contributed by atoms with E-state index in [0.29, 0.717) is 24.3 Å². The Kier molecular flexibility index (Phi) is 35.6. The lowest BCUT2D eigenvalue weighted by molar-refractivity contribution is 0.0483. The largest absolute Gasteiger partial charge is 0.462 e. The molecule has 0 saturated heterocycles. The molecule has 0 aliphatic heterocycles. The van der Waals surface area contributed by atoms with Crippen molar-refractivity contribution in [2.24, 2.45) is 0 Å². The predicted octanol–water partition coefficient (Wildman–Crippen LogP) is 15.9. The lowest BCUT2D eigenvalue weighted by Crippen LogP contribution is -2.09. The molecule has 300 valence electrons. The third kappa shape index (κ3) is 31.4. The molecular formula is C48H84O4. The molecule has 52 heavy (non-hydrogen) atoms. The second-order valence-corrected chi connectivity index (χ2v) is 15.5. The Morgan fingerprint density at radius 2 is 0.596 bits per heavy atom. The maximum atomic E-state index is 12.4. The molecule has 1 aromatic carbocycles. The molecule has 0 aromatic heterocycles. The van der Waals surface area contributed by atoms with Crippen molar-refractivity contribution in [2.75, 3.05) is 13.2 Å². The van der Waals surface area contributed by atoms with Gasteiger partial charge in [-0.1, -0.05) is 206 Å². The number of allylic oxidation sites excluding steroid dienone is 2. The van der Waals surface area contributed by atoms with Crippen molar-refractivity contribution in [3.8, 4) is 0 Å². The highest BCUT2D eigenvalue weighted by molar-refractivity contribution is 5.93. The van der Waals surface area contributed by atoms with Crippen molar-refractivity contribution in [3.63, 3.8) is 0 Å². The van der Waals surface area contributed by atoms with Gasteiger partial charge >= 0.3 is 11.9 Å². The number of carbonyl (C=O) groups is 2. The van der Waals surface area contributed by atoms with Gasteiger partial charge < -0.3 is 9.47 Å². The first kappa shape index (κ1) is 47.9. The first-order chi connectivity index (χ1) is 25.7. The Labute approximate surface area is 323 Å². The van der Waals surface area contributed by atoms with Gasteiger partial charge in [-0.2, -0.15) is 0 Å². The lowest BCUT2D eigenvalue weighted by Gasteiger charge is -2.07. The number of rotatable bonds is 39. The van der Waals surface area contributed by atoms with Crippen LogP contribution in [0.2, 0.25) is 0 Å². The molecule has 4 heteroatoms. The van der Waals surface area contributed by atoms with E-state index >= 15 is 0 Å². The zero-order valence-corrected chi connectivity index (χ0v) is 34.6. The molecule has 4 nitrogen and oxygen atoms in total. The van der Waals surface area contributed by atoms with Crippen molar-refractivity contribution >= 4 is 11.9 Å². The van der Waals surface area contributed by atoms with Crippen LogP contribution in [0, 0.1) is 0 Å². The fourth-order valence-electron chi connectivity index (χ4n) is 6.95. The maximum Gasteiger partial charge on any atom is 0.338 e. The summed E-state index contributed by atoms with van der Waals surface area (Å²) in [5, 5.41) is 0. The van der Waals surface area contributed by atoms with E-state index in [2.05, 4.69) is 26.0 Å². The van der Waals surface area contributed by atoms with Gasteiger partial charge in [0.25, 0.3) is 0 Å². The standard InChI is InChI=1S/C48H84O4/c1-3-5-7-9-11-13-15-17-19-21-22-23-24-26-28-30-32-34-36-38-44-52-48(50)46-41-39-45(40-42-46)47(49)51-43-37-35-33-31-29-27-25-20-18-16-14-12-10-8-6-4-2/h17,19,39-42H,3-16,18,20-38,43-44H2,1-2H3. The summed E-state index contributed by atoms with van der Waals surface area (Å²) < 4.78 is 10.9. The van der Waals surface area contributed by atoms with Crippen LogP contribution < -0.4 is 0 Å². The molecule has 0 heterocycles. The fraction of sp³-hybridized carbons (Fsp3) is 0.792. The van der Waals surface area contributed by atoms with Gasteiger partial charge in [-0.25, -0.2) is 9.59 Å². The van der Waals surface area contributed by atoms with Gasteiger partial charge in [0.05, 0.1) is 24.3 Å². The van der Waals surface area contributed by atoms with Gasteiger partial charge in [0, 0.05) is 0 Å². The molecule has 0 radical (unpaired) electrons. The van der Waals surface area contributed by atoms with Gasteiger partial charge in [-0.15, -0.1) is 0 Å².